The number of aryl methyl sites for hydroxylation is 1. The second-order valence-corrected chi connectivity index (χ2v) is 15.0. The van der Waals surface area contributed by atoms with E-state index in [4.69, 9.17) is 9.97 Å². The van der Waals surface area contributed by atoms with Crippen molar-refractivity contribution < 1.29 is 30.0 Å². The third-order valence-corrected chi connectivity index (χ3v) is 11.3. The summed E-state index contributed by atoms with van der Waals surface area (Å²) in [5.41, 5.74) is 5.34. The van der Waals surface area contributed by atoms with Crippen LogP contribution in [-0.4, -0.2) is 20.9 Å². The minimum Gasteiger partial charge on any atom is -0.512 e. The van der Waals surface area contributed by atoms with Crippen molar-refractivity contribution in [3.63, 3.8) is 0 Å². The fraction of sp³-hybridized carbons (Fsp3) is 0.523. The number of aromatic nitrogens is 2. The van der Waals surface area contributed by atoms with Crippen molar-refractivity contribution in [1.82, 2.24) is 9.97 Å². The van der Waals surface area contributed by atoms with Crippen LogP contribution in [0.3, 0.4) is 0 Å². The van der Waals surface area contributed by atoms with Crippen LogP contribution in [-0.2, 0) is 31.3 Å². The quantitative estimate of drug-likeness (QED) is 0.0707. The fourth-order valence-corrected chi connectivity index (χ4v) is 6.92. The Balaban J connectivity index is 0.000000312. The SMILES string of the molecule is CCC(C)(CC)C(=O)/C=C(\O)C(C)(CC)CC.Cc1nc(-c2[c-]cc(C3CCCCC3)cc2)c2ccc3cccc(CC(C)C)c3c2n1.[Ir]. The summed E-state index contributed by atoms with van der Waals surface area (Å²) in [6.07, 6.45) is 12.5. The molecule has 0 unspecified atom stereocenters. The summed E-state index contributed by atoms with van der Waals surface area (Å²) in [7, 11) is 0. The normalized spacial score (nSPS) is 14.4. The number of ketones is 1. The number of allylic oxidation sites excluding steroid dienone is 2. The molecule has 1 aliphatic rings. The second-order valence-electron chi connectivity index (χ2n) is 15.0. The fourth-order valence-electron chi connectivity index (χ4n) is 6.92. The zero-order chi connectivity index (χ0) is 35.1. The van der Waals surface area contributed by atoms with Crippen molar-refractivity contribution in [1.29, 1.82) is 0 Å². The van der Waals surface area contributed by atoms with Crippen molar-refractivity contribution in [3.05, 3.63) is 83.4 Å². The molecule has 0 bridgehead atoms. The van der Waals surface area contributed by atoms with E-state index < -0.39 is 0 Å². The van der Waals surface area contributed by atoms with Crippen molar-refractivity contribution in [2.75, 3.05) is 0 Å². The Hall–Kier alpha value is -2.88. The molecule has 0 amide bonds. The molecule has 0 aliphatic heterocycles. The molecular formula is C44H59IrN2O2-. The number of nitrogens with zero attached hydrogens (tertiary/aromatic N) is 2. The molecule has 1 saturated carbocycles. The average molecular weight is 840 g/mol. The minimum absolute atomic E-state index is 0. The molecule has 1 heterocycles. The summed E-state index contributed by atoms with van der Waals surface area (Å²) in [6, 6.07) is 21.3. The molecule has 4 nitrogen and oxygen atoms in total. The van der Waals surface area contributed by atoms with Gasteiger partial charge in [-0.15, -0.1) is 35.4 Å². The Labute approximate surface area is 310 Å². The van der Waals surface area contributed by atoms with Gasteiger partial charge >= 0.3 is 0 Å². The Kier molecular flexibility index (Phi) is 14.8. The molecule has 1 radical (unpaired) electrons. The van der Waals surface area contributed by atoms with Crippen LogP contribution in [0.25, 0.3) is 32.9 Å². The summed E-state index contributed by atoms with van der Waals surface area (Å²) >= 11 is 0. The first kappa shape index (κ1) is 40.5. The summed E-state index contributed by atoms with van der Waals surface area (Å²) in [4.78, 5) is 22.0. The number of benzene rings is 3. The van der Waals surface area contributed by atoms with Gasteiger partial charge in [0.25, 0.3) is 0 Å². The van der Waals surface area contributed by atoms with Crippen LogP contribution in [0.5, 0.6) is 0 Å². The summed E-state index contributed by atoms with van der Waals surface area (Å²) in [5, 5.41) is 13.8. The molecule has 5 heteroatoms. The number of aliphatic hydroxyl groups is 1. The maximum atomic E-state index is 12.2. The molecule has 5 rings (SSSR count). The maximum absolute atomic E-state index is 12.2. The number of rotatable bonds is 11. The van der Waals surface area contributed by atoms with Gasteiger partial charge in [-0.2, -0.15) is 0 Å². The van der Waals surface area contributed by atoms with Gasteiger partial charge in [0.05, 0.1) is 5.52 Å². The zero-order valence-corrected chi connectivity index (χ0v) is 33.9. The molecule has 1 aliphatic carbocycles. The van der Waals surface area contributed by atoms with Crippen LogP contribution in [0.15, 0.2) is 60.4 Å². The van der Waals surface area contributed by atoms with E-state index >= 15 is 0 Å². The average Bonchev–Trinajstić information content (AvgIpc) is 3.10. The predicted molar refractivity (Wildman–Crippen MR) is 204 cm³/mol. The van der Waals surface area contributed by atoms with Gasteiger partial charge in [0.2, 0.25) is 0 Å². The van der Waals surface area contributed by atoms with Crippen LogP contribution in [0.4, 0.5) is 0 Å². The Morgan fingerprint density at radius 3 is 2.14 bits per heavy atom. The van der Waals surface area contributed by atoms with Crippen molar-refractivity contribution in [3.8, 4) is 11.3 Å². The Bertz CT molecular complexity index is 1710. The zero-order valence-electron chi connectivity index (χ0n) is 31.5. The van der Waals surface area contributed by atoms with Crippen LogP contribution < -0.4 is 0 Å². The Morgan fingerprint density at radius 2 is 1.57 bits per heavy atom. The maximum Gasteiger partial charge on any atom is 0.164 e. The van der Waals surface area contributed by atoms with Crippen molar-refractivity contribution in [2.24, 2.45) is 16.7 Å². The van der Waals surface area contributed by atoms with E-state index in [1.54, 1.807) is 0 Å². The first-order chi connectivity index (χ1) is 22.9. The topological polar surface area (TPSA) is 63.1 Å². The molecule has 0 atom stereocenters. The molecule has 1 aromatic heterocycles. The predicted octanol–water partition coefficient (Wildman–Crippen LogP) is 12.5. The molecule has 0 spiro atoms. The van der Waals surface area contributed by atoms with E-state index in [0.717, 1.165) is 60.1 Å². The molecule has 1 fully saturated rings. The van der Waals surface area contributed by atoms with E-state index in [1.807, 2.05) is 48.5 Å². The van der Waals surface area contributed by atoms with E-state index in [-0.39, 0.29) is 42.5 Å². The number of carbonyl (C=O) groups is 1. The van der Waals surface area contributed by atoms with Gasteiger partial charge in [-0.3, -0.25) is 9.78 Å². The van der Waals surface area contributed by atoms with Gasteiger partial charge in [-0.05, 0) is 67.0 Å². The van der Waals surface area contributed by atoms with Gasteiger partial charge < -0.3 is 5.11 Å². The van der Waals surface area contributed by atoms with E-state index in [2.05, 4.69) is 68.4 Å². The largest absolute Gasteiger partial charge is 0.512 e. The van der Waals surface area contributed by atoms with Crippen molar-refractivity contribution in [2.45, 2.75) is 132 Å². The van der Waals surface area contributed by atoms with Gasteiger partial charge in [-0.1, -0.05) is 124 Å². The molecule has 1 N–H and O–H groups in total. The number of hydrogen-bond acceptors (Lipinski definition) is 4. The van der Waals surface area contributed by atoms with Crippen LogP contribution in [0, 0.1) is 29.7 Å². The standard InChI is InChI=1S/C29H31N2.C15H28O2.Ir/c1-19(2)18-25-11-7-10-23-16-17-26-28(30-20(3)31-29(26)27(23)25)24-14-12-22(13-15-24)21-8-5-4-6-9-21;1-7-14(5,8-2)12(16)11-13(17)15(6,9-3)10-4;/h7,10-14,16-17,19,21H,4-6,8-9,18H2,1-3H3;11,16H,7-10H2,1-6H3;/q-1;;/b;12-11-;. The van der Waals surface area contributed by atoms with E-state index in [1.165, 1.54) is 60.1 Å². The first-order valence-corrected chi connectivity index (χ1v) is 18.6. The van der Waals surface area contributed by atoms with Gasteiger partial charge in [0, 0.05) is 42.4 Å². The van der Waals surface area contributed by atoms with Gasteiger partial charge in [-0.25, -0.2) is 4.98 Å². The van der Waals surface area contributed by atoms with Crippen molar-refractivity contribution >= 4 is 27.5 Å². The minimum atomic E-state index is -0.337. The summed E-state index contributed by atoms with van der Waals surface area (Å²) < 4.78 is 0. The third-order valence-electron chi connectivity index (χ3n) is 11.3. The number of carbonyl (C=O) groups excluding carboxylic acids is 1. The summed E-state index contributed by atoms with van der Waals surface area (Å²) in [6.45, 7) is 18.6. The molecular weight excluding hydrogens is 781 g/mol. The molecule has 267 valence electrons. The van der Waals surface area contributed by atoms with Gasteiger partial charge in [0.15, 0.2) is 5.78 Å². The van der Waals surface area contributed by atoms with Crippen LogP contribution in [0.1, 0.15) is 136 Å². The molecule has 49 heavy (non-hydrogen) atoms. The monoisotopic (exact) mass is 840 g/mol. The number of fused-ring (bicyclic) bond motifs is 3. The third kappa shape index (κ3) is 9.47. The van der Waals surface area contributed by atoms with Crippen LogP contribution in [0.2, 0.25) is 0 Å². The number of aliphatic hydroxyl groups excluding tert-OH is 1. The molecule has 0 saturated heterocycles. The van der Waals surface area contributed by atoms with E-state index in [9.17, 15) is 9.90 Å². The molecule has 3 aromatic carbocycles. The first-order valence-electron chi connectivity index (χ1n) is 18.6. The van der Waals surface area contributed by atoms with Gasteiger partial charge in [0.1, 0.15) is 11.6 Å². The Morgan fingerprint density at radius 1 is 0.918 bits per heavy atom. The number of hydrogen-bond donors (Lipinski definition) is 1. The van der Waals surface area contributed by atoms with Crippen LogP contribution >= 0.6 is 0 Å². The molecule has 4 aromatic rings. The van der Waals surface area contributed by atoms with E-state index in [0.29, 0.717) is 11.8 Å². The summed E-state index contributed by atoms with van der Waals surface area (Å²) in [5.74, 6) is 2.40. The smallest absolute Gasteiger partial charge is 0.164 e. The second kappa shape index (κ2) is 17.9.